The Morgan fingerprint density at radius 3 is 2.74 bits per heavy atom. The molecule has 3 aromatic heterocycles. The van der Waals surface area contributed by atoms with Crippen molar-refractivity contribution in [3.8, 4) is 11.4 Å². The summed E-state index contributed by atoms with van der Waals surface area (Å²) in [5.41, 5.74) is 11.0. The van der Waals surface area contributed by atoms with Crippen molar-refractivity contribution < 1.29 is 9.84 Å². The van der Waals surface area contributed by atoms with Crippen LogP contribution >= 0.6 is 0 Å². The zero-order valence-electron chi connectivity index (χ0n) is 22.3. The van der Waals surface area contributed by atoms with Gasteiger partial charge in [0.15, 0.2) is 11.5 Å². The maximum absolute atomic E-state index is 10.0. The van der Waals surface area contributed by atoms with E-state index in [4.69, 9.17) is 25.5 Å². The predicted molar refractivity (Wildman–Crippen MR) is 147 cm³/mol. The average molecular weight is 518 g/mol. The molecule has 0 radical (unpaired) electrons. The monoisotopic (exact) mass is 517 g/mol. The summed E-state index contributed by atoms with van der Waals surface area (Å²) in [5.74, 6) is 2.72. The molecule has 1 atom stereocenters. The fraction of sp³-hybridized carbons (Fsp3) is 0.481. The van der Waals surface area contributed by atoms with E-state index in [1.165, 1.54) is 0 Å². The standard InChI is InChI=1S/C27H35N9O2/c1-15-8-20(11-22(38-4)16(15)2)34-12-23(29-14-34)30-27-31-25(35-7-5-6-19(35)13-37)24-17(3)33-36(26(24)32-27)21-9-18(28)10-21/h8,11-12,14,18-19,21,37H,5-7,9-10,13,28H2,1-4H3,(H,30,31,32)/t18?,19-,21?/m0/s1. The number of ether oxygens (including phenoxy) is 1. The van der Waals surface area contributed by atoms with Gasteiger partial charge in [-0.1, -0.05) is 0 Å². The van der Waals surface area contributed by atoms with E-state index in [2.05, 4.69) is 35.1 Å². The Labute approximate surface area is 221 Å². The van der Waals surface area contributed by atoms with Gasteiger partial charge >= 0.3 is 0 Å². The number of aryl methyl sites for hydroxylation is 2. The van der Waals surface area contributed by atoms with Crippen molar-refractivity contribution in [1.82, 2.24) is 29.3 Å². The average Bonchev–Trinajstić information content (AvgIpc) is 3.62. The minimum atomic E-state index is 0.0276. The minimum Gasteiger partial charge on any atom is -0.496 e. The highest BCUT2D eigenvalue weighted by molar-refractivity contribution is 5.91. The molecule has 200 valence electrons. The lowest BCUT2D eigenvalue weighted by molar-refractivity contribution is 0.252. The van der Waals surface area contributed by atoms with Gasteiger partial charge in [-0.2, -0.15) is 15.1 Å². The lowest BCUT2D eigenvalue weighted by Crippen LogP contribution is -2.38. The zero-order chi connectivity index (χ0) is 26.6. The molecule has 0 amide bonds. The largest absolute Gasteiger partial charge is 0.496 e. The molecule has 4 aromatic rings. The van der Waals surface area contributed by atoms with Crippen molar-refractivity contribution >= 4 is 28.6 Å². The first-order valence-electron chi connectivity index (χ1n) is 13.2. The Morgan fingerprint density at radius 1 is 1.18 bits per heavy atom. The molecule has 1 aliphatic heterocycles. The SMILES string of the molecule is COc1cc(-n2cnc(Nc3nc(N4CCC[C@H]4CO)c4c(C)nn(C5CC(N)C5)c4n3)c2)cc(C)c1C. The zero-order valence-corrected chi connectivity index (χ0v) is 22.3. The smallest absolute Gasteiger partial charge is 0.232 e. The number of imidazole rings is 1. The number of aliphatic hydroxyl groups excluding tert-OH is 1. The lowest BCUT2D eigenvalue weighted by atomic mass is 9.88. The number of anilines is 3. The number of rotatable bonds is 7. The van der Waals surface area contributed by atoms with Gasteiger partial charge in [-0.05, 0) is 63.6 Å². The second-order valence-electron chi connectivity index (χ2n) is 10.5. The third-order valence-corrected chi connectivity index (χ3v) is 8.01. The molecular formula is C27H35N9O2. The van der Waals surface area contributed by atoms with Crippen molar-refractivity contribution in [2.75, 3.05) is 30.5 Å². The van der Waals surface area contributed by atoms with Crippen LogP contribution in [0.15, 0.2) is 24.7 Å². The van der Waals surface area contributed by atoms with Gasteiger partial charge in [0.2, 0.25) is 5.95 Å². The third kappa shape index (κ3) is 4.15. The van der Waals surface area contributed by atoms with E-state index in [9.17, 15) is 5.11 Å². The molecule has 1 aromatic carbocycles. The topological polar surface area (TPSA) is 132 Å². The molecule has 11 heteroatoms. The molecule has 11 nitrogen and oxygen atoms in total. The molecule has 0 spiro atoms. The number of nitrogens with zero attached hydrogens (tertiary/aromatic N) is 7. The van der Waals surface area contributed by atoms with Crippen LogP contribution in [-0.4, -0.2) is 66.8 Å². The normalized spacial score (nSPS) is 21.2. The van der Waals surface area contributed by atoms with Crippen LogP contribution in [-0.2, 0) is 0 Å². The summed E-state index contributed by atoms with van der Waals surface area (Å²) in [5, 5.41) is 19.2. The van der Waals surface area contributed by atoms with Gasteiger partial charge in [-0.3, -0.25) is 0 Å². The van der Waals surface area contributed by atoms with Crippen LogP contribution in [0.2, 0.25) is 0 Å². The minimum absolute atomic E-state index is 0.0276. The molecule has 4 heterocycles. The van der Waals surface area contributed by atoms with E-state index in [-0.39, 0.29) is 24.7 Å². The van der Waals surface area contributed by atoms with Gasteiger partial charge in [0.1, 0.15) is 17.9 Å². The van der Waals surface area contributed by atoms with E-state index in [0.717, 1.165) is 77.3 Å². The number of aromatic nitrogens is 6. The van der Waals surface area contributed by atoms with Crippen molar-refractivity contribution in [2.45, 2.75) is 64.6 Å². The number of fused-ring (bicyclic) bond motifs is 1. The van der Waals surface area contributed by atoms with Gasteiger partial charge in [-0.25, -0.2) is 9.67 Å². The highest BCUT2D eigenvalue weighted by atomic mass is 16.5. The maximum atomic E-state index is 10.0. The summed E-state index contributed by atoms with van der Waals surface area (Å²) in [4.78, 5) is 16.6. The molecule has 1 aliphatic carbocycles. The summed E-state index contributed by atoms with van der Waals surface area (Å²) < 4.78 is 9.51. The van der Waals surface area contributed by atoms with Gasteiger partial charge in [0.05, 0.1) is 48.8 Å². The quantitative estimate of drug-likeness (QED) is 0.338. The highest BCUT2D eigenvalue weighted by Gasteiger charge is 2.33. The van der Waals surface area contributed by atoms with E-state index in [1.54, 1.807) is 13.4 Å². The van der Waals surface area contributed by atoms with E-state index >= 15 is 0 Å². The van der Waals surface area contributed by atoms with E-state index in [1.807, 2.05) is 28.4 Å². The number of hydrogen-bond acceptors (Lipinski definition) is 9. The molecule has 6 rings (SSSR count). The summed E-state index contributed by atoms with van der Waals surface area (Å²) in [6, 6.07) is 4.56. The van der Waals surface area contributed by atoms with Gasteiger partial charge < -0.3 is 30.4 Å². The third-order valence-electron chi connectivity index (χ3n) is 8.01. The van der Waals surface area contributed by atoms with Crippen molar-refractivity contribution in [3.05, 3.63) is 41.5 Å². The van der Waals surface area contributed by atoms with Crippen molar-refractivity contribution in [2.24, 2.45) is 5.73 Å². The highest BCUT2D eigenvalue weighted by Crippen LogP contribution is 2.38. The van der Waals surface area contributed by atoms with Crippen LogP contribution in [0, 0.1) is 20.8 Å². The van der Waals surface area contributed by atoms with Crippen LogP contribution in [0.1, 0.15) is 48.5 Å². The molecule has 1 saturated heterocycles. The summed E-state index contributed by atoms with van der Waals surface area (Å²) >= 11 is 0. The van der Waals surface area contributed by atoms with Gasteiger partial charge in [0.25, 0.3) is 0 Å². The maximum Gasteiger partial charge on any atom is 0.232 e. The predicted octanol–water partition coefficient (Wildman–Crippen LogP) is 3.31. The number of methoxy groups -OCH3 is 1. The fourth-order valence-corrected chi connectivity index (χ4v) is 5.65. The Hall–Kier alpha value is -3.70. The number of nitrogens with two attached hydrogens (primary N) is 1. The molecule has 2 aliphatic rings. The Bertz CT molecular complexity index is 1490. The van der Waals surface area contributed by atoms with Gasteiger partial charge in [-0.15, -0.1) is 0 Å². The van der Waals surface area contributed by atoms with Crippen LogP contribution in [0.3, 0.4) is 0 Å². The first-order valence-corrected chi connectivity index (χ1v) is 13.2. The van der Waals surface area contributed by atoms with Crippen molar-refractivity contribution in [1.29, 1.82) is 0 Å². The Morgan fingerprint density at radius 2 is 2.00 bits per heavy atom. The molecule has 2 fully saturated rings. The second kappa shape index (κ2) is 9.55. The fourth-order valence-electron chi connectivity index (χ4n) is 5.65. The lowest BCUT2D eigenvalue weighted by Gasteiger charge is -2.32. The molecule has 0 bridgehead atoms. The molecule has 0 unspecified atom stereocenters. The number of benzene rings is 1. The van der Waals surface area contributed by atoms with Crippen LogP contribution in [0.5, 0.6) is 5.75 Å². The van der Waals surface area contributed by atoms with Crippen LogP contribution in [0.25, 0.3) is 16.7 Å². The van der Waals surface area contributed by atoms with Crippen LogP contribution in [0.4, 0.5) is 17.6 Å². The van der Waals surface area contributed by atoms with E-state index < -0.39 is 0 Å². The first-order chi connectivity index (χ1) is 18.4. The Kier molecular flexibility index (Phi) is 6.19. The van der Waals surface area contributed by atoms with Gasteiger partial charge in [0, 0.05) is 18.7 Å². The number of hydrogen-bond donors (Lipinski definition) is 3. The molecule has 38 heavy (non-hydrogen) atoms. The summed E-state index contributed by atoms with van der Waals surface area (Å²) in [6.45, 7) is 7.04. The molecule has 1 saturated carbocycles. The summed E-state index contributed by atoms with van der Waals surface area (Å²) in [6.07, 6.45) is 7.37. The Balaban J connectivity index is 1.39. The second-order valence-corrected chi connectivity index (χ2v) is 10.5. The molecular weight excluding hydrogens is 482 g/mol. The number of aliphatic hydroxyl groups is 1. The van der Waals surface area contributed by atoms with Crippen molar-refractivity contribution in [3.63, 3.8) is 0 Å². The number of nitrogens with one attached hydrogen (secondary N) is 1. The molecule has 4 N–H and O–H groups in total. The van der Waals surface area contributed by atoms with Crippen LogP contribution < -0.4 is 20.7 Å². The summed E-state index contributed by atoms with van der Waals surface area (Å²) in [7, 11) is 1.68. The first kappa shape index (κ1) is 24.6. The van der Waals surface area contributed by atoms with E-state index in [0.29, 0.717) is 11.8 Å².